The van der Waals surface area contributed by atoms with Crippen molar-refractivity contribution in [1.82, 2.24) is 19.5 Å². The van der Waals surface area contributed by atoms with Crippen molar-refractivity contribution in [2.45, 2.75) is 26.4 Å². The molecule has 0 spiro atoms. The van der Waals surface area contributed by atoms with Gasteiger partial charge in [-0.15, -0.1) is 0 Å². The number of imidazole rings is 1. The molecule has 0 amide bonds. The Hall–Kier alpha value is -2.18. The van der Waals surface area contributed by atoms with Gasteiger partial charge in [-0.3, -0.25) is 0 Å². The maximum Gasteiger partial charge on any atom is 0.224 e. The van der Waals surface area contributed by atoms with Crippen molar-refractivity contribution < 1.29 is 4.39 Å². The number of halogens is 1. The molecule has 0 bridgehead atoms. The molecule has 0 aliphatic carbocycles. The lowest BCUT2D eigenvalue weighted by Gasteiger charge is -2.28. The number of aromatic nitrogens is 4. The molecule has 2 aromatic heterocycles. The molecule has 0 aromatic carbocycles. The summed E-state index contributed by atoms with van der Waals surface area (Å²) in [6.45, 7) is 4.90. The van der Waals surface area contributed by atoms with Crippen LogP contribution in [0.4, 0.5) is 16.2 Å². The van der Waals surface area contributed by atoms with Gasteiger partial charge in [0, 0.05) is 32.0 Å². The van der Waals surface area contributed by atoms with Crippen molar-refractivity contribution in [1.29, 1.82) is 0 Å². The minimum absolute atomic E-state index is 0.341. The van der Waals surface area contributed by atoms with Crippen LogP contribution in [0.2, 0.25) is 0 Å². The van der Waals surface area contributed by atoms with Crippen LogP contribution in [-0.4, -0.2) is 32.6 Å². The van der Waals surface area contributed by atoms with Crippen LogP contribution in [-0.2, 0) is 13.1 Å². The van der Waals surface area contributed by atoms with E-state index in [4.69, 9.17) is 0 Å². The Balaban J connectivity index is 1.83. The second-order valence-corrected chi connectivity index (χ2v) is 4.75. The maximum atomic E-state index is 14.0. The highest BCUT2D eigenvalue weighted by Crippen LogP contribution is 2.21. The summed E-state index contributed by atoms with van der Waals surface area (Å²) in [4.78, 5) is 14.4. The first kappa shape index (κ1) is 12.8. The van der Waals surface area contributed by atoms with E-state index in [9.17, 15) is 4.39 Å². The second-order valence-electron chi connectivity index (χ2n) is 4.75. The first-order valence-corrected chi connectivity index (χ1v) is 6.79. The van der Waals surface area contributed by atoms with E-state index in [2.05, 4.69) is 31.8 Å². The molecule has 1 aliphatic rings. The van der Waals surface area contributed by atoms with Crippen LogP contribution in [0.25, 0.3) is 0 Å². The summed E-state index contributed by atoms with van der Waals surface area (Å²) < 4.78 is 16.0. The fourth-order valence-corrected chi connectivity index (χ4v) is 2.26. The SMILES string of the molecule is CCCNc1ncc(F)c(N2CCn3ccnc3C2)n1. The first-order chi connectivity index (χ1) is 9.78. The van der Waals surface area contributed by atoms with E-state index in [1.807, 2.05) is 11.1 Å². The largest absolute Gasteiger partial charge is 0.354 e. The molecule has 0 fully saturated rings. The number of nitrogens with one attached hydrogen (secondary N) is 1. The van der Waals surface area contributed by atoms with Crippen LogP contribution < -0.4 is 10.2 Å². The Kier molecular flexibility index (Phi) is 3.49. The normalized spacial score (nSPS) is 14.2. The van der Waals surface area contributed by atoms with E-state index < -0.39 is 5.82 Å². The third-order valence-corrected chi connectivity index (χ3v) is 3.30. The summed E-state index contributed by atoms with van der Waals surface area (Å²) >= 11 is 0. The summed E-state index contributed by atoms with van der Waals surface area (Å²) in [5.41, 5.74) is 0. The standard InChI is InChI=1S/C13H17FN6/c1-2-3-16-13-17-8-10(14)12(18-13)20-7-6-19-5-4-15-11(19)9-20/h4-5,8H,2-3,6-7,9H2,1H3,(H,16,17,18). The molecule has 6 nitrogen and oxygen atoms in total. The van der Waals surface area contributed by atoms with Gasteiger partial charge in [0.2, 0.25) is 5.95 Å². The number of hydrogen-bond donors (Lipinski definition) is 1. The third-order valence-electron chi connectivity index (χ3n) is 3.30. The van der Waals surface area contributed by atoms with Gasteiger partial charge in [-0.25, -0.2) is 14.4 Å². The molecule has 1 N–H and O–H groups in total. The average Bonchev–Trinajstić information content (AvgIpc) is 2.93. The van der Waals surface area contributed by atoms with Crippen LogP contribution in [0.1, 0.15) is 19.2 Å². The molecule has 1 aliphatic heterocycles. The zero-order valence-corrected chi connectivity index (χ0v) is 11.4. The van der Waals surface area contributed by atoms with Gasteiger partial charge in [-0.05, 0) is 6.42 Å². The molecule has 0 atom stereocenters. The fourth-order valence-electron chi connectivity index (χ4n) is 2.26. The lowest BCUT2D eigenvalue weighted by molar-refractivity contribution is 0.535. The molecule has 3 heterocycles. The summed E-state index contributed by atoms with van der Waals surface area (Å²) in [6, 6.07) is 0. The Morgan fingerprint density at radius 2 is 2.25 bits per heavy atom. The Bertz CT molecular complexity index is 596. The zero-order chi connectivity index (χ0) is 13.9. The molecule has 0 saturated carbocycles. The molecule has 2 aromatic rings. The molecular weight excluding hydrogens is 259 g/mol. The molecule has 7 heteroatoms. The van der Waals surface area contributed by atoms with Crippen molar-refractivity contribution in [3.63, 3.8) is 0 Å². The topological polar surface area (TPSA) is 58.9 Å². The highest BCUT2D eigenvalue weighted by molar-refractivity contribution is 5.44. The molecule has 0 radical (unpaired) electrons. The van der Waals surface area contributed by atoms with Gasteiger partial charge in [0.05, 0.1) is 12.7 Å². The Morgan fingerprint density at radius 3 is 3.10 bits per heavy atom. The first-order valence-electron chi connectivity index (χ1n) is 6.79. The summed E-state index contributed by atoms with van der Waals surface area (Å²) in [5, 5.41) is 3.08. The Labute approximate surface area is 116 Å². The van der Waals surface area contributed by atoms with Crippen molar-refractivity contribution >= 4 is 11.8 Å². The number of nitrogens with zero attached hydrogens (tertiary/aromatic N) is 5. The summed E-state index contributed by atoms with van der Waals surface area (Å²) in [5.74, 6) is 1.34. The minimum Gasteiger partial charge on any atom is -0.354 e. The summed E-state index contributed by atoms with van der Waals surface area (Å²) in [7, 11) is 0. The van der Waals surface area contributed by atoms with Crippen LogP contribution in [0, 0.1) is 5.82 Å². The lowest BCUT2D eigenvalue weighted by Crippen LogP contribution is -2.35. The van der Waals surface area contributed by atoms with Crippen molar-refractivity contribution in [2.75, 3.05) is 23.3 Å². The van der Waals surface area contributed by atoms with E-state index in [0.29, 0.717) is 24.9 Å². The third kappa shape index (κ3) is 2.43. The quantitative estimate of drug-likeness (QED) is 0.920. The van der Waals surface area contributed by atoms with E-state index in [1.165, 1.54) is 6.20 Å². The predicted octanol–water partition coefficient (Wildman–Crippen LogP) is 1.65. The number of anilines is 2. The van der Waals surface area contributed by atoms with Crippen LogP contribution >= 0.6 is 0 Å². The monoisotopic (exact) mass is 276 g/mol. The van der Waals surface area contributed by atoms with Crippen molar-refractivity contribution in [2.24, 2.45) is 0 Å². The van der Waals surface area contributed by atoms with E-state index in [0.717, 1.165) is 25.3 Å². The van der Waals surface area contributed by atoms with Gasteiger partial charge in [-0.1, -0.05) is 6.92 Å². The maximum absolute atomic E-state index is 14.0. The lowest BCUT2D eigenvalue weighted by atomic mass is 10.3. The van der Waals surface area contributed by atoms with E-state index in [1.54, 1.807) is 6.20 Å². The predicted molar refractivity (Wildman–Crippen MR) is 74.0 cm³/mol. The van der Waals surface area contributed by atoms with Gasteiger partial charge < -0.3 is 14.8 Å². The van der Waals surface area contributed by atoms with Gasteiger partial charge in [0.25, 0.3) is 0 Å². The molecular formula is C13H17FN6. The van der Waals surface area contributed by atoms with Crippen LogP contribution in [0.15, 0.2) is 18.6 Å². The van der Waals surface area contributed by atoms with Gasteiger partial charge in [0.1, 0.15) is 5.82 Å². The average molecular weight is 276 g/mol. The minimum atomic E-state index is -0.396. The zero-order valence-electron chi connectivity index (χ0n) is 11.4. The number of fused-ring (bicyclic) bond motifs is 1. The van der Waals surface area contributed by atoms with E-state index in [-0.39, 0.29) is 0 Å². The van der Waals surface area contributed by atoms with E-state index >= 15 is 0 Å². The highest BCUT2D eigenvalue weighted by atomic mass is 19.1. The van der Waals surface area contributed by atoms with Gasteiger partial charge >= 0.3 is 0 Å². The van der Waals surface area contributed by atoms with Crippen molar-refractivity contribution in [3.05, 3.63) is 30.2 Å². The van der Waals surface area contributed by atoms with Crippen LogP contribution in [0.5, 0.6) is 0 Å². The molecule has 20 heavy (non-hydrogen) atoms. The summed E-state index contributed by atoms with van der Waals surface area (Å²) in [6.07, 6.45) is 5.90. The highest BCUT2D eigenvalue weighted by Gasteiger charge is 2.21. The van der Waals surface area contributed by atoms with Gasteiger partial charge in [0.15, 0.2) is 11.6 Å². The molecule has 0 saturated heterocycles. The second kappa shape index (κ2) is 5.44. The fraction of sp³-hybridized carbons (Fsp3) is 0.462. The number of rotatable bonds is 4. The molecule has 0 unspecified atom stereocenters. The van der Waals surface area contributed by atoms with Crippen molar-refractivity contribution in [3.8, 4) is 0 Å². The smallest absolute Gasteiger partial charge is 0.224 e. The Morgan fingerprint density at radius 1 is 1.35 bits per heavy atom. The molecule has 106 valence electrons. The molecule has 3 rings (SSSR count). The number of hydrogen-bond acceptors (Lipinski definition) is 5. The van der Waals surface area contributed by atoms with Crippen LogP contribution in [0.3, 0.4) is 0 Å². The van der Waals surface area contributed by atoms with Gasteiger partial charge in [-0.2, -0.15) is 4.98 Å².